The largest absolute Gasteiger partial charge is 0.497 e. The van der Waals surface area contributed by atoms with Crippen molar-refractivity contribution in [3.8, 4) is 5.75 Å². The van der Waals surface area contributed by atoms with Gasteiger partial charge in [0.25, 0.3) is 0 Å². The zero-order valence-corrected chi connectivity index (χ0v) is 15.5. The van der Waals surface area contributed by atoms with Gasteiger partial charge in [-0.3, -0.25) is 0 Å². The Labute approximate surface area is 131 Å². The summed E-state index contributed by atoms with van der Waals surface area (Å²) >= 11 is 0. The van der Waals surface area contributed by atoms with E-state index in [1.54, 1.807) is 7.11 Å². The highest BCUT2D eigenvalue weighted by molar-refractivity contribution is 6.84. The summed E-state index contributed by atoms with van der Waals surface area (Å²) in [5, 5.41) is 0.418. The molecular formula is C19H30OSi. The van der Waals surface area contributed by atoms with Gasteiger partial charge in [-0.1, -0.05) is 51.7 Å². The summed E-state index contributed by atoms with van der Waals surface area (Å²) in [6.45, 7) is 12.1. The van der Waals surface area contributed by atoms with E-state index < -0.39 is 8.07 Å². The number of fused-ring (bicyclic) bond motifs is 1. The summed E-state index contributed by atoms with van der Waals surface area (Å²) in [4.78, 5) is 0. The van der Waals surface area contributed by atoms with Gasteiger partial charge in [-0.2, -0.15) is 0 Å². The number of rotatable bonds is 3. The molecule has 0 aromatic heterocycles. The number of methoxy groups -OCH3 is 1. The summed E-state index contributed by atoms with van der Waals surface area (Å²) in [6, 6.07) is 6.60. The molecule has 21 heavy (non-hydrogen) atoms. The monoisotopic (exact) mass is 302 g/mol. The molecule has 0 fully saturated rings. The van der Waals surface area contributed by atoms with Crippen molar-refractivity contribution in [3.63, 3.8) is 0 Å². The van der Waals surface area contributed by atoms with Crippen LogP contribution in [0, 0.1) is 0 Å². The van der Waals surface area contributed by atoms with Crippen LogP contribution in [0.4, 0.5) is 0 Å². The van der Waals surface area contributed by atoms with Crippen LogP contribution < -0.4 is 4.74 Å². The van der Waals surface area contributed by atoms with Gasteiger partial charge in [-0.05, 0) is 47.6 Å². The van der Waals surface area contributed by atoms with Crippen LogP contribution in [-0.2, 0) is 6.42 Å². The maximum Gasteiger partial charge on any atom is 0.119 e. The van der Waals surface area contributed by atoms with E-state index >= 15 is 0 Å². The van der Waals surface area contributed by atoms with Crippen molar-refractivity contribution in [1.82, 2.24) is 0 Å². The zero-order chi connectivity index (χ0) is 15.7. The Morgan fingerprint density at radius 1 is 1.24 bits per heavy atom. The van der Waals surface area contributed by atoms with E-state index in [-0.39, 0.29) is 0 Å². The second kappa shape index (κ2) is 6.00. The van der Waals surface area contributed by atoms with Gasteiger partial charge in [-0.25, -0.2) is 0 Å². The molecule has 1 nitrogen and oxygen atoms in total. The van der Waals surface area contributed by atoms with E-state index in [1.165, 1.54) is 30.4 Å². The first-order valence-corrected chi connectivity index (χ1v) is 11.2. The molecule has 0 saturated heterocycles. The molecular weight excluding hydrogens is 272 g/mol. The third-order valence-electron chi connectivity index (χ3n) is 5.39. The van der Waals surface area contributed by atoms with E-state index in [2.05, 4.69) is 63.8 Å². The van der Waals surface area contributed by atoms with Gasteiger partial charge in [0.15, 0.2) is 0 Å². The Morgan fingerprint density at radius 2 is 1.95 bits per heavy atom. The lowest BCUT2D eigenvalue weighted by atomic mass is 9.83. The van der Waals surface area contributed by atoms with Crippen LogP contribution in [-0.4, -0.2) is 15.2 Å². The van der Waals surface area contributed by atoms with Gasteiger partial charge in [0.2, 0.25) is 0 Å². The highest BCUT2D eigenvalue weighted by Gasteiger charge is 2.32. The summed E-state index contributed by atoms with van der Waals surface area (Å²) in [5.41, 5.74) is 5.55. The maximum absolute atomic E-state index is 5.36. The Kier molecular flexibility index (Phi) is 4.67. The zero-order valence-electron chi connectivity index (χ0n) is 14.5. The lowest BCUT2D eigenvalue weighted by Crippen LogP contribution is -2.35. The minimum absolute atomic E-state index is 0.418. The molecule has 0 bridgehead atoms. The molecule has 1 atom stereocenters. The van der Waals surface area contributed by atoms with Gasteiger partial charge in [-0.15, -0.1) is 0 Å². The molecule has 0 saturated carbocycles. The van der Waals surface area contributed by atoms with Crippen molar-refractivity contribution in [2.24, 2.45) is 0 Å². The van der Waals surface area contributed by atoms with Gasteiger partial charge in [0.1, 0.15) is 5.75 Å². The van der Waals surface area contributed by atoms with Crippen LogP contribution in [0.2, 0.25) is 18.1 Å². The smallest absolute Gasteiger partial charge is 0.119 e. The highest BCUT2D eigenvalue weighted by atomic mass is 28.3. The summed E-state index contributed by atoms with van der Waals surface area (Å²) in [7, 11) is 0.416. The van der Waals surface area contributed by atoms with E-state index in [9.17, 15) is 0 Å². The van der Waals surface area contributed by atoms with Crippen molar-refractivity contribution in [2.45, 2.75) is 64.1 Å². The average Bonchev–Trinajstić information content (AvgIpc) is 2.43. The van der Waals surface area contributed by atoms with Gasteiger partial charge < -0.3 is 4.74 Å². The fraction of sp³-hybridized carbons (Fsp3) is 0.579. The third kappa shape index (κ3) is 3.60. The minimum atomic E-state index is -1.33. The predicted octanol–water partition coefficient (Wildman–Crippen LogP) is 5.72. The van der Waals surface area contributed by atoms with E-state index in [1.807, 2.05) is 0 Å². The molecule has 2 rings (SSSR count). The predicted molar refractivity (Wildman–Crippen MR) is 95.0 cm³/mol. The number of hydrogen-bond donors (Lipinski definition) is 0. The first-order chi connectivity index (χ1) is 9.74. The van der Waals surface area contributed by atoms with Crippen LogP contribution in [0.1, 0.15) is 50.7 Å². The van der Waals surface area contributed by atoms with Crippen molar-refractivity contribution in [1.29, 1.82) is 0 Å². The quantitative estimate of drug-likeness (QED) is 0.649. The molecule has 0 aliphatic heterocycles. The SMILES string of the molecule is COc1ccc2c(c1)CCC[C@@H]2/C=C/[Si](C)(C)C(C)(C)C. The summed E-state index contributed by atoms with van der Waals surface area (Å²) in [5.74, 6) is 1.58. The molecule has 1 aliphatic rings. The number of ether oxygens (including phenoxy) is 1. The Balaban J connectivity index is 2.25. The second-order valence-electron chi connectivity index (χ2n) is 7.89. The number of hydrogen-bond acceptors (Lipinski definition) is 1. The number of allylic oxidation sites excluding steroid dienone is 1. The van der Waals surface area contributed by atoms with E-state index in [4.69, 9.17) is 4.74 Å². The molecule has 1 aromatic carbocycles. The lowest BCUT2D eigenvalue weighted by Gasteiger charge is -2.35. The van der Waals surface area contributed by atoms with Crippen molar-refractivity contribution >= 4 is 8.07 Å². The molecule has 0 amide bonds. The molecule has 0 heterocycles. The van der Waals surface area contributed by atoms with Crippen molar-refractivity contribution in [2.75, 3.05) is 7.11 Å². The molecule has 1 aliphatic carbocycles. The van der Waals surface area contributed by atoms with Crippen LogP contribution in [0.3, 0.4) is 0 Å². The van der Waals surface area contributed by atoms with Gasteiger partial charge in [0, 0.05) is 5.92 Å². The summed E-state index contributed by atoms with van der Waals surface area (Å²) in [6.07, 6.45) is 6.26. The summed E-state index contributed by atoms with van der Waals surface area (Å²) < 4.78 is 5.36. The minimum Gasteiger partial charge on any atom is -0.497 e. The maximum atomic E-state index is 5.36. The molecule has 1 aromatic rings. The average molecular weight is 303 g/mol. The number of aryl methyl sites for hydroxylation is 1. The molecule has 2 heteroatoms. The molecule has 116 valence electrons. The van der Waals surface area contributed by atoms with Crippen LogP contribution in [0.5, 0.6) is 5.75 Å². The van der Waals surface area contributed by atoms with Crippen molar-refractivity contribution in [3.05, 3.63) is 41.1 Å². The van der Waals surface area contributed by atoms with E-state index in [0.29, 0.717) is 11.0 Å². The molecule has 0 radical (unpaired) electrons. The van der Waals surface area contributed by atoms with Crippen molar-refractivity contribution < 1.29 is 4.74 Å². The normalized spacial score (nSPS) is 19.6. The van der Waals surface area contributed by atoms with Gasteiger partial charge in [0.05, 0.1) is 15.2 Å². The third-order valence-corrected chi connectivity index (χ3v) is 10.3. The lowest BCUT2D eigenvalue weighted by molar-refractivity contribution is 0.413. The van der Waals surface area contributed by atoms with Crippen LogP contribution in [0.25, 0.3) is 0 Å². The first-order valence-electron chi connectivity index (χ1n) is 8.11. The van der Waals surface area contributed by atoms with Crippen LogP contribution in [0.15, 0.2) is 30.0 Å². The van der Waals surface area contributed by atoms with Crippen LogP contribution >= 0.6 is 0 Å². The standard InChI is InChI=1S/C19H30OSi/c1-19(2,3)21(5,6)13-12-15-8-7-9-16-14-17(20-4)10-11-18(15)16/h10-15H,7-9H2,1-6H3/b13-12+/t15-/m1/s1. The Hall–Kier alpha value is -1.02. The first kappa shape index (κ1) is 16.3. The van der Waals surface area contributed by atoms with E-state index in [0.717, 1.165) is 5.75 Å². The molecule has 0 unspecified atom stereocenters. The van der Waals surface area contributed by atoms with Gasteiger partial charge >= 0.3 is 0 Å². The highest BCUT2D eigenvalue weighted by Crippen LogP contribution is 2.39. The Bertz CT molecular complexity index is 523. The molecule has 0 spiro atoms. The molecule has 0 N–H and O–H groups in total. The Morgan fingerprint density at radius 3 is 2.57 bits per heavy atom. The second-order valence-corrected chi connectivity index (χ2v) is 13.2. The topological polar surface area (TPSA) is 9.23 Å². The number of benzene rings is 1. The fourth-order valence-corrected chi connectivity index (χ4v) is 3.98. The fourth-order valence-electron chi connectivity index (χ4n) is 2.76.